The smallest absolute Gasteiger partial charge is 0.408 e. The number of imidazole rings is 1. The van der Waals surface area contributed by atoms with Gasteiger partial charge in [0, 0.05) is 12.4 Å². The third kappa shape index (κ3) is 5.22. The van der Waals surface area contributed by atoms with Crippen LogP contribution in [0.2, 0.25) is 0 Å². The number of rotatable bonds is 9. The van der Waals surface area contributed by atoms with Crippen LogP contribution in [0.3, 0.4) is 0 Å². The van der Waals surface area contributed by atoms with Crippen molar-refractivity contribution in [1.29, 1.82) is 0 Å². The van der Waals surface area contributed by atoms with Crippen LogP contribution in [-0.2, 0) is 29.2 Å². The number of ketones is 1. The Hall–Kier alpha value is -3.56. The van der Waals surface area contributed by atoms with Gasteiger partial charge in [0.2, 0.25) is 0 Å². The summed E-state index contributed by atoms with van der Waals surface area (Å²) in [4.78, 5) is 28.6. The Kier molecular flexibility index (Phi) is 6.45. The second-order valence-electron chi connectivity index (χ2n) is 6.12. The molecule has 1 atom stereocenters. The van der Waals surface area contributed by atoms with Gasteiger partial charge in [-0.25, -0.2) is 14.5 Å². The molecule has 28 heavy (non-hydrogen) atoms. The fourth-order valence-corrected chi connectivity index (χ4v) is 2.58. The van der Waals surface area contributed by atoms with Crippen molar-refractivity contribution in [3.05, 3.63) is 60.4 Å². The monoisotopic (exact) mass is 383 g/mol. The SMILES string of the molecule is CCC(NC(=O)OCc1ccccc1)C(=O)Cn1nnnc1Cn1ccnc1. The molecular weight excluding hydrogens is 362 g/mol. The van der Waals surface area contributed by atoms with Crippen LogP contribution in [0.25, 0.3) is 0 Å². The molecule has 1 aromatic carbocycles. The van der Waals surface area contributed by atoms with Crippen LogP contribution < -0.4 is 5.32 Å². The Morgan fingerprint density at radius 2 is 2.07 bits per heavy atom. The van der Waals surface area contributed by atoms with Crippen molar-refractivity contribution in [1.82, 2.24) is 35.1 Å². The van der Waals surface area contributed by atoms with Crippen molar-refractivity contribution in [2.75, 3.05) is 0 Å². The molecule has 3 aromatic rings. The van der Waals surface area contributed by atoms with Crippen molar-refractivity contribution in [3.8, 4) is 0 Å². The minimum absolute atomic E-state index is 0.0471. The first-order valence-electron chi connectivity index (χ1n) is 8.86. The lowest BCUT2D eigenvalue weighted by Gasteiger charge is -2.16. The first kappa shape index (κ1) is 19.2. The Bertz CT molecular complexity index is 893. The summed E-state index contributed by atoms with van der Waals surface area (Å²) >= 11 is 0. The lowest BCUT2D eigenvalue weighted by molar-refractivity contribution is -0.121. The van der Waals surface area contributed by atoms with Crippen LogP contribution in [0.4, 0.5) is 4.79 Å². The molecule has 0 spiro atoms. The molecule has 1 unspecified atom stereocenters. The standard InChI is InChI=1S/C18H21N7O3/c1-2-15(20-18(27)28-12-14-6-4-3-5-7-14)16(26)10-25-17(21-22-23-25)11-24-9-8-19-13-24/h3-9,13,15H,2,10-12H2,1H3,(H,20,27). The topological polar surface area (TPSA) is 117 Å². The minimum Gasteiger partial charge on any atom is -0.445 e. The highest BCUT2D eigenvalue weighted by atomic mass is 16.5. The number of nitrogens with one attached hydrogen (secondary N) is 1. The summed E-state index contributed by atoms with van der Waals surface area (Å²) < 4.78 is 8.39. The van der Waals surface area contributed by atoms with E-state index in [4.69, 9.17) is 4.74 Å². The summed E-state index contributed by atoms with van der Waals surface area (Å²) in [7, 11) is 0. The summed E-state index contributed by atoms with van der Waals surface area (Å²) in [6.07, 6.45) is 4.86. The Morgan fingerprint density at radius 1 is 1.25 bits per heavy atom. The second kappa shape index (κ2) is 9.40. The maximum Gasteiger partial charge on any atom is 0.408 e. The lowest BCUT2D eigenvalue weighted by Crippen LogP contribution is -2.42. The first-order chi connectivity index (χ1) is 13.7. The highest BCUT2D eigenvalue weighted by Crippen LogP contribution is 2.04. The molecule has 0 saturated carbocycles. The van der Waals surface area contributed by atoms with Crippen LogP contribution in [0.5, 0.6) is 0 Å². The Balaban J connectivity index is 1.53. The third-order valence-electron chi connectivity index (χ3n) is 4.10. The molecule has 0 aliphatic rings. The zero-order valence-electron chi connectivity index (χ0n) is 15.4. The lowest BCUT2D eigenvalue weighted by atomic mass is 10.1. The van der Waals surface area contributed by atoms with Gasteiger partial charge in [-0.1, -0.05) is 37.3 Å². The first-order valence-corrected chi connectivity index (χ1v) is 8.86. The fraction of sp³-hybridized carbons (Fsp3) is 0.333. The predicted octanol–water partition coefficient (Wildman–Crippen LogP) is 1.19. The van der Waals surface area contributed by atoms with Crippen molar-refractivity contribution in [3.63, 3.8) is 0 Å². The van der Waals surface area contributed by atoms with E-state index in [1.807, 2.05) is 37.3 Å². The van der Waals surface area contributed by atoms with Crippen LogP contribution in [0.15, 0.2) is 49.1 Å². The van der Waals surface area contributed by atoms with E-state index < -0.39 is 12.1 Å². The number of hydrogen-bond acceptors (Lipinski definition) is 7. The van der Waals surface area contributed by atoms with Crippen LogP contribution >= 0.6 is 0 Å². The largest absolute Gasteiger partial charge is 0.445 e. The predicted molar refractivity (Wildman–Crippen MR) is 98.0 cm³/mol. The number of carbonyl (C=O) groups is 2. The molecule has 146 valence electrons. The molecule has 1 N–H and O–H groups in total. The molecule has 0 saturated heterocycles. The number of tetrazole rings is 1. The summed E-state index contributed by atoms with van der Waals surface area (Å²) in [5.41, 5.74) is 0.870. The fourth-order valence-electron chi connectivity index (χ4n) is 2.58. The second-order valence-corrected chi connectivity index (χ2v) is 6.12. The summed E-state index contributed by atoms with van der Waals surface area (Å²) in [5.74, 6) is 0.311. The van der Waals surface area contributed by atoms with E-state index in [0.717, 1.165) is 5.56 Å². The highest BCUT2D eigenvalue weighted by Gasteiger charge is 2.21. The molecule has 1 amide bonds. The number of amides is 1. The van der Waals surface area contributed by atoms with Crippen molar-refractivity contribution in [2.45, 2.75) is 39.1 Å². The van der Waals surface area contributed by atoms with Gasteiger partial charge in [0.25, 0.3) is 0 Å². The molecule has 0 radical (unpaired) electrons. The van der Waals surface area contributed by atoms with Gasteiger partial charge < -0.3 is 14.6 Å². The molecule has 0 aliphatic carbocycles. The number of benzene rings is 1. The molecule has 0 fully saturated rings. The Labute approximate surface area is 161 Å². The van der Waals surface area contributed by atoms with Crippen molar-refractivity contribution in [2.24, 2.45) is 0 Å². The van der Waals surface area contributed by atoms with E-state index in [1.54, 1.807) is 23.3 Å². The number of hydrogen-bond donors (Lipinski definition) is 1. The molecular formula is C18H21N7O3. The average Bonchev–Trinajstić information content (AvgIpc) is 3.38. The van der Waals surface area contributed by atoms with Crippen molar-refractivity contribution >= 4 is 11.9 Å². The molecule has 2 aromatic heterocycles. The van der Waals surface area contributed by atoms with Crippen LogP contribution in [0.1, 0.15) is 24.7 Å². The van der Waals surface area contributed by atoms with Gasteiger partial charge in [-0.05, 0) is 22.4 Å². The van der Waals surface area contributed by atoms with Gasteiger partial charge in [0.05, 0.1) is 18.9 Å². The van der Waals surface area contributed by atoms with E-state index in [-0.39, 0.29) is 18.9 Å². The number of nitrogens with zero attached hydrogens (tertiary/aromatic N) is 6. The van der Waals surface area contributed by atoms with Crippen LogP contribution in [0, 0.1) is 0 Å². The summed E-state index contributed by atoms with van der Waals surface area (Å²) in [6.45, 7) is 2.30. The third-order valence-corrected chi connectivity index (χ3v) is 4.10. The number of aromatic nitrogens is 6. The molecule has 0 aliphatic heterocycles. The maximum absolute atomic E-state index is 12.6. The van der Waals surface area contributed by atoms with E-state index >= 15 is 0 Å². The van der Waals surface area contributed by atoms with E-state index in [1.165, 1.54) is 4.68 Å². The number of Topliss-reactive ketones (excluding diaryl/α,β-unsaturated/α-hetero) is 1. The van der Waals surface area contributed by atoms with E-state index in [9.17, 15) is 9.59 Å². The normalized spacial score (nSPS) is 11.8. The number of alkyl carbamates (subject to hydrolysis) is 1. The minimum atomic E-state index is -0.687. The number of carbonyl (C=O) groups excluding carboxylic acids is 2. The quantitative estimate of drug-likeness (QED) is 0.590. The number of ether oxygens (including phenoxy) is 1. The van der Waals surface area contributed by atoms with Gasteiger partial charge in [0.1, 0.15) is 13.2 Å². The van der Waals surface area contributed by atoms with Crippen LogP contribution in [-0.4, -0.2) is 47.7 Å². The maximum atomic E-state index is 12.6. The van der Waals surface area contributed by atoms with Gasteiger partial charge in [-0.15, -0.1) is 5.10 Å². The van der Waals surface area contributed by atoms with Crippen molar-refractivity contribution < 1.29 is 14.3 Å². The van der Waals surface area contributed by atoms with Gasteiger partial charge >= 0.3 is 6.09 Å². The van der Waals surface area contributed by atoms with Gasteiger partial charge in [-0.3, -0.25) is 4.79 Å². The molecule has 0 bridgehead atoms. The summed E-state index contributed by atoms with van der Waals surface area (Å²) in [5, 5.41) is 14.0. The highest BCUT2D eigenvalue weighted by molar-refractivity contribution is 5.87. The average molecular weight is 383 g/mol. The molecule has 3 rings (SSSR count). The van der Waals surface area contributed by atoms with Gasteiger partial charge in [-0.2, -0.15) is 0 Å². The Morgan fingerprint density at radius 3 is 2.79 bits per heavy atom. The molecule has 10 nitrogen and oxygen atoms in total. The molecule has 10 heteroatoms. The van der Waals surface area contributed by atoms with Gasteiger partial charge in [0.15, 0.2) is 11.6 Å². The molecule has 2 heterocycles. The van der Waals surface area contributed by atoms with E-state index in [0.29, 0.717) is 18.8 Å². The zero-order valence-corrected chi connectivity index (χ0v) is 15.4. The zero-order chi connectivity index (χ0) is 19.8. The summed E-state index contributed by atoms with van der Waals surface area (Å²) in [6, 6.07) is 8.64. The van der Waals surface area contributed by atoms with E-state index in [2.05, 4.69) is 25.8 Å².